The normalized spacial score (nSPS) is 11.9. The van der Waals surface area contributed by atoms with Crippen molar-refractivity contribution in [3.63, 3.8) is 0 Å². The summed E-state index contributed by atoms with van der Waals surface area (Å²) in [5.41, 5.74) is 6.74. The van der Waals surface area contributed by atoms with E-state index in [-0.39, 0.29) is 6.04 Å². The first-order valence-corrected chi connectivity index (χ1v) is 6.28. The Hall–Kier alpha value is -2.07. The number of nitrogens with two attached hydrogens (primary N) is 1. The molecule has 0 aliphatic rings. The van der Waals surface area contributed by atoms with Gasteiger partial charge in [-0.2, -0.15) is 0 Å². The maximum Gasteiger partial charge on any atom is 0.213 e. The zero-order chi connectivity index (χ0) is 13.5. The highest BCUT2D eigenvalue weighted by molar-refractivity contribution is 5.21. The van der Waals surface area contributed by atoms with E-state index in [4.69, 9.17) is 15.2 Å². The molecule has 0 unspecified atom stereocenters. The van der Waals surface area contributed by atoms with Crippen LogP contribution in [0.3, 0.4) is 0 Å². The summed E-state index contributed by atoms with van der Waals surface area (Å²) in [6.45, 7) is 2.87. The summed E-state index contributed by atoms with van der Waals surface area (Å²) in [7, 11) is 0. The van der Waals surface area contributed by atoms with E-state index in [1.165, 1.54) is 0 Å². The first-order chi connectivity index (χ1) is 9.25. The van der Waals surface area contributed by atoms with Gasteiger partial charge < -0.3 is 15.2 Å². The van der Waals surface area contributed by atoms with E-state index in [9.17, 15) is 0 Å². The molecule has 0 spiro atoms. The number of rotatable bonds is 6. The molecule has 4 heteroatoms. The molecule has 1 heterocycles. The van der Waals surface area contributed by atoms with Crippen LogP contribution in [0.2, 0.25) is 0 Å². The van der Waals surface area contributed by atoms with Crippen molar-refractivity contribution in [2.45, 2.75) is 13.0 Å². The maximum atomic E-state index is 5.75. The predicted molar refractivity (Wildman–Crippen MR) is 74.3 cm³/mol. The molecule has 1 atom stereocenters. The molecule has 0 saturated heterocycles. The molecule has 1 aromatic carbocycles. The number of ether oxygens (including phenoxy) is 2. The first kappa shape index (κ1) is 13.4. The van der Waals surface area contributed by atoms with Gasteiger partial charge in [-0.1, -0.05) is 24.3 Å². The molecule has 0 aliphatic heterocycles. The molecule has 100 valence electrons. The van der Waals surface area contributed by atoms with Crippen LogP contribution in [0.25, 0.3) is 0 Å². The highest BCUT2D eigenvalue weighted by Gasteiger charge is 2.01. The van der Waals surface area contributed by atoms with Crippen LogP contribution < -0.4 is 15.2 Å². The van der Waals surface area contributed by atoms with E-state index < -0.39 is 0 Å². The van der Waals surface area contributed by atoms with Gasteiger partial charge in [0.15, 0.2) is 0 Å². The molecule has 0 saturated carbocycles. The summed E-state index contributed by atoms with van der Waals surface area (Å²) in [6, 6.07) is 13.4. The Labute approximate surface area is 113 Å². The second-order valence-electron chi connectivity index (χ2n) is 4.23. The maximum absolute atomic E-state index is 5.75. The van der Waals surface area contributed by atoms with E-state index in [1.54, 1.807) is 6.20 Å². The Bertz CT molecular complexity index is 483. The van der Waals surface area contributed by atoms with Gasteiger partial charge in [-0.05, 0) is 24.6 Å². The number of pyridine rings is 1. The topological polar surface area (TPSA) is 57.4 Å². The molecular formula is C15H18N2O2. The van der Waals surface area contributed by atoms with E-state index in [2.05, 4.69) is 4.98 Å². The Morgan fingerprint density at radius 2 is 1.79 bits per heavy atom. The Morgan fingerprint density at radius 1 is 1.05 bits per heavy atom. The van der Waals surface area contributed by atoms with Crippen LogP contribution in [0.4, 0.5) is 0 Å². The second-order valence-corrected chi connectivity index (χ2v) is 4.23. The van der Waals surface area contributed by atoms with Crippen molar-refractivity contribution in [1.29, 1.82) is 0 Å². The molecule has 0 aliphatic carbocycles. The third-order valence-corrected chi connectivity index (χ3v) is 2.63. The second kappa shape index (κ2) is 6.75. The van der Waals surface area contributed by atoms with Gasteiger partial charge in [0.05, 0.1) is 0 Å². The lowest BCUT2D eigenvalue weighted by atomic mass is 10.2. The van der Waals surface area contributed by atoms with Crippen LogP contribution in [0.5, 0.6) is 11.6 Å². The largest absolute Gasteiger partial charge is 0.490 e. The first-order valence-electron chi connectivity index (χ1n) is 6.28. The summed E-state index contributed by atoms with van der Waals surface area (Å²) < 4.78 is 11.0. The fraction of sp³-hybridized carbons (Fsp3) is 0.267. The standard InChI is InChI=1S/C15H18N2O2/c1-12(16)13-7-8-15(17-11-13)19-10-9-18-14-5-3-2-4-6-14/h2-8,11-12H,9-10,16H2,1H3/t12-/m0/s1. The minimum Gasteiger partial charge on any atom is -0.490 e. The quantitative estimate of drug-likeness (QED) is 0.809. The van der Waals surface area contributed by atoms with Crippen LogP contribution >= 0.6 is 0 Å². The molecular weight excluding hydrogens is 240 g/mol. The van der Waals surface area contributed by atoms with Gasteiger partial charge in [0.2, 0.25) is 5.88 Å². The Kier molecular flexibility index (Phi) is 4.75. The zero-order valence-corrected chi connectivity index (χ0v) is 11.0. The lowest BCUT2D eigenvalue weighted by Crippen LogP contribution is -2.10. The van der Waals surface area contributed by atoms with Crippen LogP contribution in [-0.4, -0.2) is 18.2 Å². The molecule has 0 radical (unpaired) electrons. The highest BCUT2D eigenvalue weighted by atomic mass is 16.5. The van der Waals surface area contributed by atoms with Crippen LogP contribution in [0.15, 0.2) is 48.7 Å². The monoisotopic (exact) mass is 258 g/mol. The van der Waals surface area contributed by atoms with Crippen molar-refractivity contribution >= 4 is 0 Å². The third kappa shape index (κ3) is 4.26. The smallest absolute Gasteiger partial charge is 0.213 e. The van der Waals surface area contributed by atoms with Gasteiger partial charge in [-0.3, -0.25) is 0 Å². The lowest BCUT2D eigenvalue weighted by Gasteiger charge is -2.09. The number of benzene rings is 1. The Balaban J connectivity index is 1.74. The van der Waals surface area contributed by atoms with Crippen molar-refractivity contribution in [3.05, 3.63) is 54.2 Å². The predicted octanol–water partition coefficient (Wildman–Crippen LogP) is 2.56. The van der Waals surface area contributed by atoms with Gasteiger partial charge in [-0.15, -0.1) is 0 Å². The van der Waals surface area contributed by atoms with E-state index in [0.717, 1.165) is 11.3 Å². The van der Waals surface area contributed by atoms with E-state index >= 15 is 0 Å². The number of para-hydroxylation sites is 1. The Morgan fingerprint density at radius 3 is 2.42 bits per heavy atom. The minimum atomic E-state index is -0.0111. The highest BCUT2D eigenvalue weighted by Crippen LogP contribution is 2.12. The molecule has 0 bridgehead atoms. The van der Waals surface area contributed by atoms with Gasteiger partial charge in [-0.25, -0.2) is 4.98 Å². The van der Waals surface area contributed by atoms with Gasteiger partial charge in [0.25, 0.3) is 0 Å². The van der Waals surface area contributed by atoms with Gasteiger partial charge >= 0.3 is 0 Å². The number of hydrogen-bond acceptors (Lipinski definition) is 4. The van der Waals surface area contributed by atoms with E-state index in [0.29, 0.717) is 19.1 Å². The summed E-state index contributed by atoms with van der Waals surface area (Å²) in [6.07, 6.45) is 1.73. The number of nitrogens with zero attached hydrogens (tertiary/aromatic N) is 1. The van der Waals surface area contributed by atoms with Crippen molar-refractivity contribution in [1.82, 2.24) is 4.98 Å². The van der Waals surface area contributed by atoms with Crippen LogP contribution in [0.1, 0.15) is 18.5 Å². The van der Waals surface area contributed by atoms with Crippen molar-refractivity contribution in [3.8, 4) is 11.6 Å². The average molecular weight is 258 g/mol. The van der Waals surface area contributed by atoms with Crippen molar-refractivity contribution < 1.29 is 9.47 Å². The average Bonchev–Trinajstić information content (AvgIpc) is 2.45. The minimum absolute atomic E-state index is 0.0111. The number of hydrogen-bond donors (Lipinski definition) is 1. The molecule has 19 heavy (non-hydrogen) atoms. The van der Waals surface area contributed by atoms with Crippen molar-refractivity contribution in [2.75, 3.05) is 13.2 Å². The SMILES string of the molecule is C[C@H](N)c1ccc(OCCOc2ccccc2)nc1. The lowest BCUT2D eigenvalue weighted by molar-refractivity contribution is 0.212. The zero-order valence-electron chi connectivity index (χ0n) is 11.0. The fourth-order valence-corrected chi connectivity index (χ4v) is 1.57. The molecule has 4 nitrogen and oxygen atoms in total. The summed E-state index contributed by atoms with van der Waals surface area (Å²) in [4.78, 5) is 4.19. The molecule has 1 aromatic heterocycles. The molecule has 2 rings (SSSR count). The molecule has 2 aromatic rings. The number of aromatic nitrogens is 1. The fourth-order valence-electron chi connectivity index (χ4n) is 1.57. The summed E-state index contributed by atoms with van der Waals surface area (Å²) in [5, 5.41) is 0. The molecule has 0 amide bonds. The van der Waals surface area contributed by atoms with Crippen molar-refractivity contribution in [2.24, 2.45) is 5.73 Å². The molecule has 0 fully saturated rings. The third-order valence-electron chi connectivity index (χ3n) is 2.63. The van der Waals surface area contributed by atoms with Gasteiger partial charge in [0, 0.05) is 18.3 Å². The van der Waals surface area contributed by atoms with Gasteiger partial charge in [0.1, 0.15) is 19.0 Å². The molecule has 2 N–H and O–H groups in total. The summed E-state index contributed by atoms with van der Waals surface area (Å²) >= 11 is 0. The van der Waals surface area contributed by atoms with Crippen LogP contribution in [0, 0.1) is 0 Å². The van der Waals surface area contributed by atoms with E-state index in [1.807, 2.05) is 49.4 Å². The summed E-state index contributed by atoms with van der Waals surface area (Å²) in [5.74, 6) is 1.42. The van der Waals surface area contributed by atoms with Crippen LogP contribution in [-0.2, 0) is 0 Å².